The third-order valence-corrected chi connectivity index (χ3v) is 2.31. The summed E-state index contributed by atoms with van der Waals surface area (Å²) in [5.41, 5.74) is -0.851. The van der Waals surface area contributed by atoms with Crippen LogP contribution in [0.5, 0.6) is 0 Å². The molecule has 0 saturated carbocycles. The zero-order valence-electron chi connectivity index (χ0n) is 8.90. The number of ether oxygens (including phenoxy) is 2. The Morgan fingerprint density at radius 1 is 1.41 bits per heavy atom. The Hall–Kier alpha value is -1.35. The maximum Gasteiger partial charge on any atom is 0.451 e. The van der Waals surface area contributed by atoms with Crippen molar-refractivity contribution in [2.45, 2.75) is 19.0 Å². The number of rotatable bonds is 2. The highest BCUT2D eigenvalue weighted by molar-refractivity contribution is 4.91. The van der Waals surface area contributed by atoms with Gasteiger partial charge in [0.15, 0.2) is 6.29 Å². The number of aromatic nitrogens is 3. The Bertz CT molecular complexity index is 459. The molecule has 1 saturated heterocycles. The van der Waals surface area contributed by atoms with Crippen LogP contribution < -0.4 is 5.69 Å². The number of nitrogens with zero attached hydrogens (tertiary/aromatic N) is 3. The highest BCUT2D eigenvalue weighted by Gasteiger charge is 2.38. The number of halogens is 3. The van der Waals surface area contributed by atoms with Gasteiger partial charge in [0, 0.05) is 7.05 Å². The van der Waals surface area contributed by atoms with Gasteiger partial charge in [-0.2, -0.15) is 13.2 Å². The Balaban J connectivity index is 2.26. The molecule has 0 N–H and O–H groups in total. The minimum atomic E-state index is -4.66. The summed E-state index contributed by atoms with van der Waals surface area (Å²) in [6, 6.07) is 0. The van der Waals surface area contributed by atoms with Crippen molar-refractivity contribution in [3.05, 3.63) is 16.3 Å². The van der Waals surface area contributed by atoms with Gasteiger partial charge in [-0.3, -0.25) is 4.57 Å². The Kier molecular flexibility index (Phi) is 2.96. The van der Waals surface area contributed by atoms with Gasteiger partial charge in [0.1, 0.15) is 0 Å². The molecular formula is C8H10F3N3O3. The zero-order valence-corrected chi connectivity index (χ0v) is 8.90. The second-order valence-corrected chi connectivity index (χ2v) is 3.52. The molecule has 0 unspecified atom stereocenters. The number of alkyl halides is 3. The minimum absolute atomic E-state index is 0.150. The monoisotopic (exact) mass is 253 g/mol. The first-order chi connectivity index (χ1) is 7.89. The first-order valence-corrected chi connectivity index (χ1v) is 4.84. The maximum absolute atomic E-state index is 12.5. The van der Waals surface area contributed by atoms with Crippen molar-refractivity contribution in [2.24, 2.45) is 7.05 Å². The van der Waals surface area contributed by atoms with E-state index < -0.39 is 24.0 Å². The summed E-state index contributed by atoms with van der Waals surface area (Å²) in [6.07, 6.45) is -5.38. The Morgan fingerprint density at radius 2 is 2.00 bits per heavy atom. The predicted octanol–water partition coefficient (Wildman–Crippen LogP) is -0.0265. The van der Waals surface area contributed by atoms with E-state index in [2.05, 4.69) is 5.10 Å². The van der Waals surface area contributed by atoms with Crippen molar-refractivity contribution in [1.29, 1.82) is 0 Å². The lowest BCUT2D eigenvalue weighted by atomic mass is 10.6. The van der Waals surface area contributed by atoms with E-state index in [9.17, 15) is 18.0 Å². The molecule has 1 fully saturated rings. The molecule has 9 heteroatoms. The fourth-order valence-electron chi connectivity index (χ4n) is 1.51. The summed E-state index contributed by atoms with van der Waals surface area (Å²) in [5, 5.41) is 3.23. The molecule has 1 aromatic heterocycles. The van der Waals surface area contributed by atoms with E-state index in [4.69, 9.17) is 9.47 Å². The van der Waals surface area contributed by atoms with Crippen LogP contribution in [0.1, 0.15) is 5.82 Å². The third-order valence-electron chi connectivity index (χ3n) is 2.31. The summed E-state index contributed by atoms with van der Waals surface area (Å²) < 4.78 is 48.6. The predicted molar refractivity (Wildman–Crippen MR) is 48.2 cm³/mol. The van der Waals surface area contributed by atoms with Crippen molar-refractivity contribution < 1.29 is 22.6 Å². The van der Waals surface area contributed by atoms with Crippen LogP contribution in [-0.4, -0.2) is 33.9 Å². The van der Waals surface area contributed by atoms with E-state index in [-0.39, 0.29) is 6.54 Å². The largest absolute Gasteiger partial charge is 0.451 e. The van der Waals surface area contributed by atoms with Crippen LogP contribution in [0.15, 0.2) is 4.79 Å². The van der Waals surface area contributed by atoms with Crippen LogP contribution in [0.2, 0.25) is 0 Å². The Labute approximate surface area is 93.5 Å². The molecule has 1 aliphatic rings. The fourth-order valence-corrected chi connectivity index (χ4v) is 1.51. The highest BCUT2D eigenvalue weighted by Crippen LogP contribution is 2.26. The SMILES string of the molecule is Cn1c(C(F)(F)F)nn(CC2OCCO2)c1=O. The fraction of sp³-hybridized carbons (Fsp3) is 0.750. The minimum Gasteiger partial charge on any atom is -0.348 e. The number of hydrogen-bond donors (Lipinski definition) is 0. The lowest BCUT2D eigenvalue weighted by Crippen LogP contribution is -2.29. The molecule has 2 rings (SSSR count). The first-order valence-electron chi connectivity index (χ1n) is 4.84. The quantitative estimate of drug-likeness (QED) is 0.743. The van der Waals surface area contributed by atoms with E-state index in [1.807, 2.05) is 0 Å². The summed E-state index contributed by atoms with van der Waals surface area (Å²) >= 11 is 0. The van der Waals surface area contributed by atoms with Crippen molar-refractivity contribution >= 4 is 0 Å². The molecule has 0 aromatic carbocycles. The molecule has 6 nitrogen and oxygen atoms in total. The van der Waals surface area contributed by atoms with Gasteiger partial charge in [-0.1, -0.05) is 0 Å². The summed E-state index contributed by atoms with van der Waals surface area (Å²) in [7, 11) is 1.02. The lowest BCUT2D eigenvalue weighted by Gasteiger charge is -2.07. The Morgan fingerprint density at radius 3 is 2.47 bits per heavy atom. The van der Waals surface area contributed by atoms with E-state index in [0.29, 0.717) is 22.5 Å². The third kappa shape index (κ3) is 2.34. The summed E-state index contributed by atoms with van der Waals surface area (Å²) in [4.78, 5) is 11.5. The van der Waals surface area contributed by atoms with Gasteiger partial charge in [-0.25, -0.2) is 9.48 Å². The van der Waals surface area contributed by atoms with Crippen LogP contribution in [0, 0.1) is 0 Å². The average molecular weight is 253 g/mol. The highest BCUT2D eigenvalue weighted by atomic mass is 19.4. The van der Waals surface area contributed by atoms with Crippen LogP contribution in [0.3, 0.4) is 0 Å². The molecule has 0 radical (unpaired) electrons. The van der Waals surface area contributed by atoms with Gasteiger partial charge >= 0.3 is 11.9 Å². The van der Waals surface area contributed by atoms with E-state index in [0.717, 1.165) is 7.05 Å². The van der Waals surface area contributed by atoms with E-state index >= 15 is 0 Å². The molecule has 96 valence electrons. The second-order valence-electron chi connectivity index (χ2n) is 3.52. The van der Waals surface area contributed by atoms with Gasteiger partial charge < -0.3 is 9.47 Å². The molecule has 2 heterocycles. The standard InChI is InChI=1S/C8H10F3N3O3/c1-13-6(8(9,10)11)12-14(7(13)15)4-5-16-2-3-17-5/h5H,2-4H2,1H3. The van der Waals surface area contributed by atoms with Crippen molar-refractivity contribution in [2.75, 3.05) is 13.2 Å². The van der Waals surface area contributed by atoms with Crippen LogP contribution >= 0.6 is 0 Å². The number of hydrogen-bond acceptors (Lipinski definition) is 4. The van der Waals surface area contributed by atoms with Crippen molar-refractivity contribution in [3.8, 4) is 0 Å². The molecule has 0 aliphatic carbocycles. The molecular weight excluding hydrogens is 243 g/mol. The van der Waals surface area contributed by atoms with Crippen molar-refractivity contribution in [3.63, 3.8) is 0 Å². The molecule has 17 heavy (non-hydrogen) atoms. The molecule has 0 atom stereocenters. The van der Waals surface area contributed by atoms with Gasteiger partial charge in [-0.15, -0.1) is 5.10 Å². The first kappa shape index (κ1) is 12.1. The zero-order chi connectivity index (χ0) is 12.6. The van der Waals surface area contributed by atoms with E-state index in [1.165, 1.54) is 0 Å². The van der Waals surface area contributed by atoms with Gasteiger partial charge in [-0.05, 0) is 0 Å². The van der Waals surface area contributed by atoms with Crippen molar-refractivity contribution in [1.82, 2.24) is 14.3 Å². The lowest BCUT2D eigenvalue weighted by molar-refractivity contribution is -0.147. The molecule has 0 amide bonds. The van der Waals surface area contributed by atoms with Gasteiger partial charge in [0.25, 0.3) is 0 Å². The van der Waals surface area contributed by atoms with E-state index in [1.54, 1.807) is 0 Å². The van der Waals surface area contributed by atoms with Crippen LogP contribution in [0.4, 0.5) is 13.2 Å². The van der Waals surface area contributed by atoms with Crippen LogP contribution in [-0.2, 0) is 29.2 Å². The van der Waals surface area contributed by atoms with Crippen LogP contribution in [0.25, 0.3) is 0 Å². The normalized spacial score (nSPS) is 17.9. The maximum atomic E-state index is 12.5. The van der Waals surface area contributed by atoms with Gasteiger partial charge in [0.05, 0.1) is 19.8 Å². The average Bonchev–Trinajstić information content (AvgIpc) is 2.81. The molecule has 0 bridgehead atoms. The molecule has 1 aromatic rings. The smallest absolute Gasteiger partial charge is 0.348 e. The molecule has 0 spiro atoms. The second kappa shape index (κ2) is 4.15. The van der Waals surface area contributed by atoms with Gasteiger partial charge in [0.2, 0.25) is 5.82 Å². The summed E-state index contributed by atoms with van der Waals surface area (Å²) in [5.74, 6) is -1.24. The summed E-state index contributed by atoms with van der Waals surface area (Å²) in [6.45, 7) is 0.569. The molecule has 1 aliphatic heterocycles. The topological polar surface area (TPSA) is 58.3 Å².